The van der Waals surface area contributed by atoms with Crippen LogP contribution < -0.4 is 0 Å². The molecule has 0 aromatic heterocycles. The molecule has 0 aliphatic rings. The van der Waals surface area contributed by atoms with E-state index in [9.17, 15) is 19.5 Å². The third kappa shape index (κ3) is 53.9. The van der Waals surface area contributed by atoms with E-state index in [0.29, 0.717) is 17.4 Å². The molecule has 2 unspecified atom stereocenters. The lowest BCUT2D eigenvalue weighted by molar-refractivity contribution is -0.870. The smallest absolute Gasteiger partial charge is 0.361 e. The highest BCUT2D eigenvalue weighted by Gasteiger charge is 2.25. The van der Waals surface area contributed by atoms with Gasteiger partial charge in [-0.15, -0.1) is 0 Å². The minimum atomic E-state index is -1.50. The van der Waals surface area contributed by atoms with Gasteiger partial charge in [0.15, 0.2) is 6.10 Å². The number of nitrogens with zero attached hydrogens (tertiary/aromatic N) is 1. The average molecular weight is 982 g/mol. The molecule has 410 valence electrons. The largest absolute Gasteiger partial charge is 0.477 e. The first-order valence-corrected chi connectivity index (χ1v) is 30.2. The van der Waals surface area contributed by atoms with Crippen LogP contribution in [0.1, 0.15) is 309 Å². The van der Waals surface area contributed by atoms with Crippen LogP contribution in [0.15, 0.2) is 0 Å². The third-order valence-corrected chi connectivity index (χ3v) is 13.9. The molecule has 1 N–H and O–H groups in total. The zero-order chi connectivity index (χ0) is 50.6. The lowest BCUT2D eigenvalue weighted by Crippen LogP contribution is -2.40. The molecule has 0 rings (SSSR count). The second-order valence-electron chi connectivity index (χ2n) is 22.0. The maximum atomic E-state index is 12.9. The maximum Gasteiger partial charge on any atom is 0.361 e. The van der Waals surface area contributed by atoms with E-state index in [1.54, 1.807) is 0 Å². The number of ether oxygens (including phenoxy) is 4. The zero-order valence-corrected chi connectivity index (χ0v) is 46.8. The van der Waals surface area contributed by atoms with Gasteiger partial charge >= 0.3 is 17.9 Å². The van der Waals surface area contributed by atoms with Gasteiger partial charge in [-0.3, -0.25) is 9.59 Å². The van der Waals surface area contributed by atoms with Crippen molar-refractivity contribution in [1.29, 1.82) is 0 Å². The van der Waals surface area contributed by atoms with E-state index in [4.69, 9.17) is 18.9 Å². The van der Waals surface area contributed by atoms with Crippen LogP contribution in [0, 0.1) is 0 Å². The summed E-state index contributed by atoms with van der Waals surface area (Å²) < 4.78 is 22.9. The fourth-order valence-electron chi connectivity index (χ4n) is 9.19. The van der Waals surface area contributed by atoms with Gasteiger partial charge in [0, 0.05) is 12.8 Å². The van der Waals surface area contributed by atoms with Gasteiger partial charge in [0.05, 0.1) is 34.4 Å². The zero-order valence-electron chi connectivity index (χ0n) is 46.8. The molecule has 2 atom stereocenters. The summed E-state index contributed by atoms with van der Waals surface area (Å²) in [7, 11) is 5.99. The Morgan fingerprint density at radius 1 is 0.377 bits per heavy atom. The first-order valence-electron chi connectivity index (χ1n) is 30.2. The first kappa shape index (κ1) is 67.3. The Morgan fingerprint density at radius 2 is 0.652 bits per heavy atom. The van der Waals surface area contributed by atoms with Crippen molar-refractivity contribution in [2.24, 2.45) is 0 Å². The van der Waals surface area contributed by atoms with Crippen LogP contribution in [-0.4, -0.2) is 87.4 Å². The number of quaternary nitrogens is 1. The summed E-state index contributed by atoms with van der Waals surface area (Å²) in [5, 5.41) is 9.71. The number of unbranched alkanes of at least 4 members (excludes halogenated alkanes) is 42. The van der Waals surface area contributed by atoms with E-state index in [1.165, 1.54) is 244 Å². The van der Waals surface area contributed by atoms with E-state index >= 15 is 0 Å². The molecule has 0 fully saturated rings. The molecule has 9 nitrogen and oxygen atoms in total. The van der Waals surface area contributed by atoms with Crippen LogP contribution in [0.25, 0.3) is 0 Å². The first-order chi connectivity index (χ1) is 33.6. The van der Waals surface area contributed by atoms with Crippen molar-refractivity contribution < 1.29 is 42.9 Å². The maximum absolute atomic E-state index is 12.9. The monoisotopic (exact) mass is 981 g/mol. The summed E-state index contributed by atoms with van der Waals surface area (Å²) in [4.78, 5) is 37.4. The molecule has 0 aromatic rings. The predicted molar refractivity (Wildman–Crippen MR) is 291 cm³/mol. The fourth-order valence-corrected chi connectivity index (χ4v) is 9.19. The SMILES string of the molecule is CCCCCCCCCCCCCCCCCCCCCCCCC(=O)OCC(COC(OCC[N+](C)(C)C)C(=O)O)OC(=O)CCCCCCCCCCCCCCCCCCCCCCCC. The van der Waals surface area contributed by atoms with Crippen molar-refractivity contribution in [3.8, 4) is 0 Å². The molecule has 69 heavy (non-hydrogen) atoms. The minimum Gasteiger partial charge on any atom is -0.477 e. The molecular formula is C60H118NO8+. The van der Waals surface area contributed by atoms with Gasteiger partial charge in [-0.1, -0.05) is 284 Å². The van der Waals surface area contributed by atoms with Gasteiger partial charge in [0.1, 0.15) is 13.2 Å². The molecule has 0 radical (unpaired) electrons. The Balaban J connectivity index is 4.16. The highest BCUT2D eigenvalue weighted by Crippen LogP contribution is 2.18. The van der Waals surface area contributed by atoms with E-state index in [-0.39, 0.29) is 38.2 Å². The van der Waals surface area contributed by atoms with Crippen LogP contribution in [0.4, 0.5) is 0 Å². The highest BCUT2D eigenvalue weighted by atomic mass is 16.7. The van der Waals surface area contributed by atoms with Crippen molar-refractivity contribution in [3.63, 3.8) is 0 Å². The number of rotatable bonds is 57. The van der Waals surface area contributed by atoms with Crippen LogP contribution >= 0.6 is 0 Å². The van der Waals surface area contributed by atoms with Crippen molar-refractivity contribution in [3.05, 3.63) is 0 Å². The van der Waals surface area contributed by atoms with Crippen molar-refractivity contribution >= 4 is 17.9 Å². The predicted octanol–water partition coefficient (Wildman–Crippen LogP) is 17.6. The molecule has 9 heteroatoms. The van der Waals surface area contributed by atoms with E-state index in [1.807, 2.05) is 21.1 Å². The van der Waals surface area contributed by atoms with Crippen molar-refractivity contribution in [2.45, 2.75) is 322 Å². The topological polar surface area (TPSA) is 108 Å². The summed E-state index contributed by atoms with van der Waals surface area (Å²) in [5.74, 6) is -1.97. The normalized spacial score (nSPS) is 12.7. The second-order valence-corrected chi connectivity index (χ2v) is 22.0. The number of carbonyl (C=O) groups is 3. The van der Waals surface area contributed by atoms with Gasteiger partial charge in [-0.05, 0) is 12.8 Å². The Morgan fingerprint density at radius 3 is 0.928 bits per heavy atom. The Bertz CT molecular complexity index is 1100. The van der Waals surface area contributed by atoms with Gasteiger partial charge in [0.2, 0.25) is 0 Å². The van der Waals surface area contributed by atoms with E-state index < -0.39 is 18.4 Å². The Labute approximate surface area is 428 Å². The van der Waals surface area contributed by atoms with Gasteiger partial charge < -0.3 is 28.5 Å². The molecule has 0 amide bonds. The number of likely N-dealkylation sites (N-methyl/N-ethyl adjacent to an activating group) is 1. The summed E-state index contributed by atoms with van der Waals surface area (Å²) in [6, 6.07) is 0. The van der Waals surface area contributed by atoms with E-state index in [2.05, 4.69) is 13.8 Å². The molecule has 0 aliphatic carbocycles. The van der Waals surface area contributed by atoms with Gasteiger partial charge in [-0.2, -0.15) is 0 Å². The van der Waals surface area contributed by atoms with Crippen molar-refractivity contribution in [2.75, 3.05) is 47.5 Å². The number of carboxylic acid groups (broad SMARTS) is 1. The Kier molecular flexibility index (Phi) is 51.3. The van der Waals surface area contributed by atoms with Gasteiger partial charge in [-0.25, -0.2) is 4.79 Å². The van der Waals surface area contributed by atoms with Crippen LogP contribution in [-0.2, 0) is 33.3 Å². The summed E-state index contributed by atoms with van der Waals surface area (Å²) in [6.45, 7) is 4.96. The molecule has 0 bridgehead atoms. The molecule has 0 saturated carbocycles. The Hall–Kier alpha value is -1.71. The quantitative estimate of drug-likeness (QED) is 0.0278. The summed E-state index contributed by atoms with van der Waals surface area (Å²) in [5.41, 5.74) is 0. The number of hydrogen-bond donors (Lipinski definition) is 1. The van der Waals surface area contributed by atoms with Crippen LogP contribution in [0.2, 0.25) is 0 Å². The third-order valence-electron chi connectivity index (χ3n) is 13.9. The molecule has 0 aliphatic heterocycles. The van der Waals surface area contributed by atoms with Gasteiger partial charge in [0.25, 0.3) is 6.29 Å². The van der Waals surface area contributed by atoms with Crippen LogP contribution in [0.5, 0.6) is 0 Å². The number of hydrogen-bond acceptors (Lipinski definition) is 7. The molecule has 0 saturated heterocycles. The highest BCUT2D eigenvalue weighted by molar-refractivity contribution is 5.71. The number of esters is 2. The lowest BCUT2D eigenvalue weighted by Gasteiger charge is -2.25. The van der Waals surface area contributed by atoms with E-state index in [0.717, 1.165) is 38.5 Å². The summed E-state index contributed by atoms with van der Waals surface area (Å²) >= 11 is 0. The molecular weight excluding hydrogens is 863 g/mol. The molecule has 0 heterocycles. The van der Waals surface area contributed by atoms with Crippen molar-refractivity contribution in [1.82, 2.24) is 0 Å². The van der Waals surface area contributed by atoms with Crippen LogP contribution in [0.3, 0.4) is 0 Å². The molecule has 0 spiro atoms. The molecule has 0 aromatic carbocycles. The number of aliphatic carboxylic acids is 1. The fraction of sp³-hybridized carbons (Fsp3) is 0.950. The number of carbonyl (C=O) groups excluding carboxylic acids is 2. The minimum absolute atomic E-state index is 0.172. The summed E-state index contributed by atoms with van der Waals surface area (Å²) in [6.07, 6.45) is 56.1. The average Bonchev–Trinajstić information content (AvgIpc) is 3.31. The second kappa shape index (κ2) is 52.6. The lowest BCUT2D eigenvalue weighted by atomic mass is 10.0. The standard InChI is InChI=1S/C60H117NO8/c1-6-8-10-12-14-16-18-20-22-24-26-28-30-32-34-36-38-40-42-44-46-48-50-57(62)67-54-56(55-68-60(59(64)65)66-53-52-61(3,4)5)69-58(63)51-49-47-45-43-41-39-37-35-33-31-29-27-25-23-21-19-17-15-13-11-9-7-2/h56,60H,6-55H2,1-5H3/p+1. The number of carboxylic acids is 1.